The van der Waals surface area contributed by atoms with E-state index < -0.39 is 6.04 Å². The van der Waals surface area contributed by atoms with Crippen LogP contribution in [0.25, 0.3) is 0 Å². The summed E-state index contributed by atoms with van der Waals surface area (Å²) in [4.78, 5) is 23.1. The average molecular weight is 278 g/mol. The molecule has 1 aromatic carbocycles. The van der Waals surface area contributed by atoms with Crippen LogP contribution in [0.5, 0.6) is 5.75 Å². The molecular formula is C15H22N2O3. The highest BCUT2D eigenvalue weighted by Gasteiger charge is 2.20. The van der Waals surface area contributed by atoms with E-state index in [1.165, 1.54) is 6.92 Å². The zero-order valence-corrected chi connectivity index (χ0v) is 12.2. The number of nitrogens with two attached hydrogens (primary N) is 1. The third kappa shape index (κ3) is 5.01. The van der Waals surface area contributed by atoms with E-state index in [2.05, 4.69) is 5.32 Å². The fourth-order valence-corrected chi connectivity index (χ4v) is 1.82. The van der Waals surface area contributed by atoms with Crippen LogP contribution in [0, 0.1) is 5.92 Å². The monoisotopic (exact) mass is 278 g/mol. The zero-order chi connectivity index (χ0) is 15.1. The van der Waals surface area contributed by atoms with E-state index in [1.807, 2.05) is 26.0 Å². The van der Waals surface area contributed by atoms with Gasteiger partial charge in [0.05, 0.1) is 6.04 Å². The maximum atomic E-state index is 11.8. The number of rotatable bonds is 7. The van der Waals surface area contributed by atoms with E-state index in [9.17, 15) is 9.59 Å². The number of carbonyl (C=O) groups excluding carboxylic acids is 2. The summed E-state index contributed by atoms with van der Waals surface area (Å²) in [5.41, 5.74) is 6.50. The van der Waals surface area contributed by atoms with Crippen LogP contribution in [0.1, 0.15) is 26.3 Å². The van der Waals surface area contributed by atoms with Crippen molar-refractivity contribution in [3.05, 3.63) is 29.8 Å². The number of benzene rings is 1. The summed E-state index contributed by atoms with van der Waals surface area (Å²) in [6.07, 6.45) is 0. The third-order valence-electron chi connectivity index (χ3n) is 2.95. The number of ether oxygens (including phenoxy) is 1. The molecule has 0 spiro atoms. The van der Waals surface area contributed by atoms with Gasteiger partial charge in [0.15, 0.2) is 12.4 Å². The molecule has 5 nitrogen and oxygen atoms in total. The van der Waals surface area contributed by atoms with Crippen molar-refractivity contribution in [3.8, 4) is 5.75 Å². The molecule has 1 amide bonds. The van der Waals surface area contributed by atoms with Crippen molar-refractivity contribution < 1.29 is 14.3 Å². The van der Waals surface area contributed by atoms with Gasteiger partial charge in [-0.1, -0.05) is 26.0 Å². The lowest BCUT2D eigenvalue weighted by Crippen LogP contribution is -2.45. The highest BCUT2D eigenvalue weighted by molar-refractivity contribution is 5.88. The Bertz CT molecular complexity index is 455. The smallest absolute Gasteiger partial charge is 0.258 e. The van der Waals surface area contributed by atoms with Crippen LogP contribution in [0.4, 0.5) is 0 Å². The van der Waals surface area contributed by atoms with Gasteiger partial charge in [0.1, 0.15) is 5.75 Å². The minimum absolute atomic E-state index is 0.0550. The Morgan fingerprint density at radius 3 is 2.30 bits per heavy atom. The van der Waals surface area contributed by atoms with Gasteiger partial charge in [0.2, 0.25) is 0 Å². The van der Waals surface area contributed by atoms with Crippen LogP contribution in [0.2, 0.25) is 0 Å². The van der Waals surface area contributed by atoms with Crippen LogP contribution in [-0.2, 0) is 16.1 Å². The van der Waals surface area contributed by atoms with Crippen molar-refractivity contribution >= 4 is 11.7 Å². The maximum absolute atomic E-state index is 11.8. The van der Waals surface area contributed by atoms with Crippen LogP contribution in [0.3, 0.4) is 0 Å². The summed E-state index contributed by atoms with van der Waals surface area (Å²) >= 11 is 0. The summed E-state index contributed by atoms with van der Waals surface area (Å²) in [6, 6.07) is 6.76. The topological polar surface area (TPSA) is 81.4 Å². The van der Waals surface area contributed by atoms with Crippen LogP contribution < -0.4 is 15.8 Å². The Kier molecular flexibility index (Phi) is 6.18. The summed E-state index contributed by atoms with van der Waals surface area (Å²) < 4.78 is 5.36. The number of amides is 1. The molecule has 0 aliphatic rings. The van der Waals surface area contributed by atoms with Gasteiger partial charge in [-0.25, -0.2) is 0 Å². The number of Topliss-reactive ketones (excluding diaryl/α,β-unsaturated/α-hetero) is 1. The molecule has 0 heterocycles. The molecule has 3 N–H and O–H groups in total. The lowest BCUT2D eigenvalue weighted by atomic mass is 10.0. The van der Waals surface area contributed by atoms with Crippen molar-refractivity contribution in [2.24, 2.45) is 11.7 Å². The fraction of sp³-hybridized carbons (Fsp3) is 0.467. The van der Waals surface area contributed by atoms with Gasteiger partial charge in [-0.05, 0) is 30.5 Å². The van der Waals surface area contributed by atoms with Gasteiger partial charge in [0.25, 0.3) is 5.91 Å². The van der Waals surface area contributed by atoms with Crippen molar-refractivity contribution in [1.82, 2.24) is 5.32 Å². The molecular weight excluding hydrogens is 256 g/mol. The van der Waals surface area contributed by atoms with E-state index in [0.717, 1.165) is 5.56 Å². The molecule has 1 unspecified atom stereocenters. The number of carbonyl (C=O) groups is 2. The first kappa shape index (κ1) is 16.2. The first-order valence-electron chi connectivity index (χ1n) is 6.65. The van der Waals surface area contributed by atoms with E-state index in [4.69, 9.17) is 10.5 Å². The second-order valence-electron chi connectivity index (χ2n) is 5.04. The van der Waals surface area contributed by atoms with Crippen molar-refractivity contribution in [2.75, 3.05) is 6.61 Å². The molecule has 0 radical (unpaired) electrons. The van der Waals surface area contributed by atoms with E-state index >= 15 is 0 Å². The minimum Gasteiger partial charge on any atom is -0.484 e. The van der Waals surface area contributed by atoms with Crippen LogP contribution in [-0.4, -0.2) is 24.3 Å². The molecule has 0 aliphatic carbocycles. The molecule has 1 atom stereocenters. The van der Waals surface area contributed by atoms with Crippen LogP contribution >= 0.6 is 0 Å². The highest BCUT2D eigenvalue weighted by Crippen LogP contribution is 2.11. The predicted molar refractivity (Wildman–Crippen MR) is 77.3 cm³/mol. The van der Waals surface area contributed by atoms with Gasteiger partial charge in [-0.15, -0.1) is 0 Å². The standard InChI is InChI=1S/C15H22N2O3/c1-10(2)15(11(3)18)17-14(19)9-20-13-6-4-12(8-16)5-7-13/h4-7,10,15H,8-9,16H2,1-3H3,(H,17,19). The normalized spacial score (nSPS) is 12.1. The zero-order valence-electron chi connectivity index (χ0n) is 12.2. The number of hydrogen-bond acceptors (Lipinski definition) is 4. The van der Waals surface area contributed by atoms with E-state index in [-0.39, 0.29) is 24.2 Å². The van der Waals surface area contributed by atoms with Crippen molar-refractivity contribution in [3.63, 3.8) is 0 Å². The Labute approximate surface area is 119 Å². The molecule has 0 saturated carbocycles. The number of nitrogens with one attached hydrogen (secondary N) is 1. The molecule has 0 saturated heterocycles. The number of hydrogen-bond donors (Lipinski definition) is 2. The molecule has 5 heteroatoms. The Morgan fingerprint density at radius 1 is 1.25 bits per heavy atom. The van der Waals surface area contributed by atoms with Gasteiger partial charge in [-0.3, -0.25) is 9.59 Å². The molecule has 0 fully saturated rings. The Balaban J connectivity index is 2.47. The second-order valence-corrected chi connectivity index (χ2v) is 5.04. The Morgan fingerprint density at radius 2 is 1.85 bits per heavy atom. The third-order valence-corrected chi connectivity index (χ3v) is 2.95. The summed E-state index contributed by atoms with van der Waals surface area (Å²) in [5.74, 6) is 0.295. The minimum atomic E-state index is -0.467. The summed E-state index contributed by atoms with van der Waals surface area (Å²) in [6.45, 7) is 5.60. The lowest BCUT2D eigenvalue weighted by Gasteiger charge is -2.19. The molecule has 1 aromatic rings. The summed E-state index contributed by atoms with van der Waals surface area (Å²) in [5, 5.41) is 2.68. The molecule has 20 heavy (non-hydrogen) atoms. The van der Waals surface area contributed by atoms with Gasteiger partial charge < -0.3 is 15.8 Å². The molecule has 0 bridgehead atoms. The molecule has 0 aromatic heterocycles. The van der Waals surface area contributed by atoms with E-state index in [0.29, 0.717) is 12.3 Å². The van der Waals surface area contributed by atoms with Gasteiger partial charge >= 0.3 is 0 Å². The molecule has 1 rings (SSSR count). The maximum Gasteiger partial charge on any atom is 0.258 e. The Hall–Kier alpha value is -1.88. The molecule has 0 aliphatic heterocycles. The lowest BCUT2D eigenvalue weighted by molar-refractivity contribution is -0.129. The quantitative estimate of drug-likeness (QED) is 0.786. The largest absolute Gasteiger partial charge is 0.484 e. The highest BCUT2D eigenvalue weighted by atomic mass is 16.5. The first-order valence-corrected chi connectivity index (χ1v) is 6.65. The average Bonchev–Trinajstić information content (AvgIpc) is 2.42. The van der Waals surface area contributed by atoms with Gasteiger partial charge in [-0.2, -0.15) is 0 Å². The van der Waals surface area contributed by atoms with Crippen molar-refractivity contribution in [2.45, 2.75) is 33.4 Å². The first-order chi connectivity index (χ1) is 9.43. The van der Waals surface area contributed by atoms with Gasteiger partial charge in [0, 0.05) is 6.54 Å². The van der Waals surface area contributed by atoms with Crippen molar-refractivity contribution in [1.29, 1.82) is 0 Å². The second kappa shape index (κ2) is 7.65. The van der Waals surface area contributed by atoms with E-state index in [1.54, 1.807) is 12.1 Å². The van der Waals surface area contributed by atoms with Crippen LogP contribution in [0.15, 0.2) is 24.3 Å². The molecule has 110 valence electrons. The number of ketones is 1. The summed E-state index contributed by atoms with van der Waals surface area (Å²) in [7, 11) is 0. The fourth-order valence-electron chi connectivity index (χ4n) is 1.82. The predicted octanol–water partition coefficient (Wildman–Crippen LogP) is 1.25. The SMILES string of the molecule is CC(=O)C(NC(=O)COc1ccc(CN)cc1)C(C)C.